The Labute approximate surface area is 669 Å². The van der Waals surface area contributed by atoms with Crippen LogP contribution >= 0.6 is 0 Å². The first-order valence-corrected chi connectivity index (χ1v) is 57.1. The fourth-order valence-corrected chi connectivity index (χ4v) is 38.6. The lowest BCUT2D eigenvalue weighted by atomic mass is 10.0. The van der Waals surface area contributed by atoms with E-state index in [4.69, 9.17) is 0 Å². The summed E-state index contributed by atoms with van der Waals surface area (Å²) in [5, 5.41) is 25.1. The highest BCUT2D eigenvalue weighted by Crippen LogP contribution is 2.38. The SMILES string of the molecule is C[Si]1(C)c2ccccc2-c2c1ccc1cncnc21.C[Si]1(C)c2ccccc2-c2c1ccc1ncncc21.C[Si]1(C)c2ccccc2-c2cc3cncnc3cc21.C[Si]1(C)c2ccccc2-c2cc3ncncc3cc21.C[Si]1(C)c2ccccc2-c2ccc3cncnc3c21.C[Si]1(C)c2ccccc2-c2ccc3ncncc3c21. The first-order chi connectivity index (χ1) is 55.1. The quantitative estimate of drug-likeness (QED) is 0.133. The third-order valence-corrected chi connectivity index (χ3v) is 46.6. The molecule has 0 spiro atoms. The van der Waals surface area contributed by atoms with Gasteiger partial charge in [0.25, 0.3) is 0 Å². The number of hydrogen-bond acceptors (Lipinski definition) is 12. The lowest BCUT2D eigenvalue weighted by Gasteiger charge is -2.19. The Hall–Kier alpha value is -12.0. The molecule has 12 nitrogen and oxygen atoms in total. The van der Waals surface area contributed by atoms with Crippen LogP contribution in [0.15, 0.2) is 294 Å². The molecular weight excluding hydrogens is 1490 g/mol. The van der Waals surface area contributed by atoms with Crippen LogP contribution < -0.4 is 62.2 Å². The van der Waals surface area contributed by atoms with Gasteiger partial charge in [0.2, 0.25) is 0 Å². The van der Waals surface area contributed by atoms with Crippen LogP contribution in [-0.2, 0) is 0 Å². The highest BCUT2D eigenvalue weighted by molar-refractivity contribution is 7.07. The number of aromatic nitrogens is 12. The summed E-state index contributed by atoms with van der Waals surface area (Å²) in [6, 6.07) is 79.5. The standard InChI is InChI=1S/6C16H14N2Si/c1-19(2)15-6-4-3-5-12(15)13-8-14-11(7-16(13)19)9-17-10-18-14;1-19(2)15-6-4-3-5-12(15)13-7-11-9-17-10-18-14(11)8-16(13)19;1-19(2)14-6-4-3-5-12(14)13-8-7-11-9-17-10-18-15(11)16(13)19;1-19(2)13-6-4-3-5-12(13)15-14(19)8-7-11-9-17-10-18-16(11)15;1-19(2)14-6-4-3-5-11(14)16-12-9-17-10-18-13(12)7-8-15(16)19;1-19(2)15-6-4-3-5-11(15)12-7-8-14-13(16(12)19)9-17-10-18-14/h6*3-10H,1-2H3. The van der Waals surface area contributed by atoms with E-state index in [0.717, 1.165) is 54.6 Å². The topological polar surface area (TPSA) is 155 Å². The van der Waals surface area contributed by atoms with Crippen molar-refractivity contribution in [1.29, 1.82) is 0 Å². The number of benzene rings is 12. The van der Waals surface area contributed by atoms with Crippen molar-refractivity contribution in [2.75, 3.05) is 0 Å². The lowest BCUT2D eigenvalue weighted by Crippen LogP contribution is -2.49. The molecule has 0 bridgehead atoms. The van der Waals surface area contributed by atoms with E-state index in [1.807, 2.05) is 37.2 Å². The molecule has 114 heavy (non-hydrogen) atoms. The maximum atomic E-state index is 4.56. The monoisotopic (exact) mass is 1570 g/mol. The van der Waals surface area contributed by atoms with Crippen LogP contribution in [0.3, 0.4) is 0 Å². The van der Waals surface area contributed by atoms with Gasteiger partial charge in [-0.3, -0.25) is 0 Å². The van der Waals surface area contributed by atoms with Crippen LogP contribution in [0.4, 0.5) is 0 Å². The fourth-order valence-electron chi connectivity index (χ4n) is 19.5. The Morgan fingerprint density at radius 3 is 1.09 bits per heavy atom. The maximum Gasteiger partial charge on any atom is 0.116 e. The molecule has 18 heteroatoms. The molecule has 12 heterocycles. The predicted molar refractivity (Wildman–Crippen MR) is 490 cm³/mol. The molecule has 0 saturated heterocycles. The van der Waals surface area contributed by atoms with Crippen molar-refractivity contribution in [1.82, 2.24) is 59.8 Å². The van der Waals surface area contributed by atoms with Crippen molar-refractivity contribution in [3.8, 4) is 66.8 Å². The first-order valence-electron chi connectivity index (χ1n) is 39.1. The summed E-state index contributed by atoms with van der Waals surface area (Å²) in [7, 11) is -9.49. The molecule has 0 radical (unpaired) electrons. The summed E-state index contributed by atoms with van der Waals surface area (Å²) in [5.41, 5.74) is 23.0. The molecule has 0 N–H and O–H groups in total. The zero-order valence-electron chi connectivity index (χ0n) is 66.1. The van der Waals surface area contributed by atoms with Crippen LogP contribution in [0.1, 0.15) is 0 Å². The second-order valence-electron chi connectivity index (χ2n) is 33.8. The summed E-state index contributed by atoms with van der Waals surface area (Å²) in [6.45, 7) is 29.1. The lowest BCUT2D eigenvalue weighted by molar-refractivity contribution is 1.22. The number of rotatable bonds is 0. The van der Waals surface area contributed by atoms with Gasteiger partial charge in [0.05, 0.1) is 33.1 Å². The Bertz CT molecular complexity index is 6530. The Morgan fingerprint density at radius 1 is 0.193 bits per heavy atom. The summed E-state index contributed by atoms with van der Waals surface area (Å²) in [4.78, 5) is 51.6. The molecule has 0 amide bonds. The molecule has 0 atom stereocenters. The van der Waals surface area contributed by atoms with E-state index in [2.05, 4.69) is 357 Å². The molecule has 6 aliphatic heterocycles. The van der Waals surface area contributed by atoms with Gasteiger partial charge in [-0.25, -0.2) is 59.8 Å². The van der Waals surface area contributed by atoms with E-state index in [-0.39, 0.29) is 0 Å². The summed E-state index contributed by atoms with van der Waals surface area (Å²) < 4.78 is 0. The number of hydrogen-bond donors (Lipinski definition) is 0. The van der Waals surface area contributed by atoms with Gasteiger partial charge in [-0.05, 0) is 154 Å². The van der Waals surface area contributed by atoms with E-state index in [9.17, 15) is 0 Å². The minimum absolute atomic E-state index is 1.04. The summed E-state index contributed by atoms with van der Waals surface area (Å²) >= 11 is 0. The molecule has 0 unspecified atom stereocenters. The van der Waals surface area contributed by atoms with Crippen LogP contribution in [0.2, 0.25) is 78.6 Å². The third kappa shape index (κ3) is 11.5. The van der Waals surface area contributed by atoms with Crippen molar-refractivity contribution in [2.24, 2.45) is 0 Å². The largest absolute Gasteiger partial charge is 0.244 e. The molecular formula is C96H84N12Si6. The van der Waals surface area contributed by atoms with Crippen LogP contribution in [0.5, 0.6) is 0 Å². The van der Waals surface area contributed by atoms with Gasteiger partial charge in [0.1, 0.15) is 86.4 Å². The molecule has 0 fully saturated rings. The van der Waals surface area contributed by atoms with Gasteiger partial charge in [-0.2, -0.15) is 0 Å². The van der Waals surface area contributed by atoms with Gasteiger partial charge < -0.3 is 0 Å². The fraction of sp³-hybridized carbons (Fsp3) is 0.125. The number of nitrogens with zero attached hydrogens (tertiary/aromatic N) is 12. The van der Waals surface area contributed by atoms with E-state index in [0.29, 0.717) is 0 Å². The summed E-state index contributed by atoms with van der Waals surface area (Å²) in [5.74, 6) is 0. The molecule has 12 aromatic carbocycles. The second kappa shape index (κ2) is 27.4. The summed E-state index contributed by atoms with van der Waals surface area (Å²) in [6.07, 6.45) is 21.4. The molecule has 24 rings (SSSR count). The Morgan fingerprint density at radius 2 is 0.526 bits per heavy atom. The van der Waals surface area contributed by atoms with Gasteiger partial charge in [0.15, 0.2) is 0 Å². The highest BCUT2D eigenvalue weighted by atomic mass is 28.3. The Balaban J connectivity index is 0.0000000917. The van der Waals surface area contributed by atoms with Crippen molar-refractivity contribution in [3.63, 3.8) is 0 Å². The van der Waals surface area contributed by atoms with Crippen molar-refractivity contribution in [2.45, 2.75) is 78.6 Å². The smallest absolute Gasteiger partial charge is 0.116 e. The van der Waals surface area contributed by atoms with E-state index >= 15 is 0 Å². The van der Waals surface area contributed by atoms with Crippen LogP contribution in [0.25, 0.3) is 132 Å². The van der Waals surface area contributed by atoms with Crippen molar-refractivity contribution in [3.05, 3.63) is 294 Å². The van der Waals surface area contributed by atoms with E-state index < -0.39 is 48.4 Å². The average molecular weight is 1570 g/mol. The van der Waals surface area contributed by atoms with Gasteiger partial charge >= 0.3 is 0 Å². The van der Waals surface area contributed by atoms with Crippen LogP contribution in [0, 0.1) is 0 Å². The molecule has 0 saturated carbocycles. The molecule has 18 aromatic rings. The minimum atomic E-state index is -1.64. The first kappa shape index (κ1) is 72.2. The third-order valence-electron chi connectivity index (χ3n) is 25.3. The zero-order chi connectivity index (χ0) is 78.2. The molecule has 552 valence electrons. The maximum absolute atomic E-state index is 4.56. The second-order valence-corrected chi connectivity index (χ2v) is 59.7. The molecule has 6 aliphatic rings. The van der Waals surface area contributed by atoms with Gasteiger partial charge in [-0.15, -0.1) is 0 Å². The molecule has 0 aliphatic carbocycles. The average Bonchev–Trinajstić information content (AvgIpc) is 1.60. The van der Waals surface area contributed by atoms with E-state index in [1.54, 1.807) is 38.0 Å². The molecule has 6 aromatic heterocycles. The van der Waals surface area contributed by atoms with Gasteiger partial charge in [-0.1, -0.05) is 267 Å². The van der Waals surface area contributed by atoms with Gasteiger partial charge in [0, 0.05) is 75.1 Å². The normalized spacial score (nSPS) is 15.3. The predicted octanol–water partition coefficient (Wildman–Crippen LogP) is 14.6. The highest BCUT2D eigenvalue weighted by Gasteiger charge is 2.44. The van der Waals surface area contributed by atoms with Crippen molar-refractivity contribution < 1.29 is 0 Å². The van der Waals surface area contributed by atoms with E-state index in [1.165, 1.54) is 140 Å². The minimum Gasteiger partial charge on any atom is -0.244 e. The van der Waals surface area contributed by atoms with Crippen molar-refractivity contribution >= 4 is 176 Å². The Kier molecular flexibility index (Phi) is 17.4. The van der Waals surface area contributed by atoms with Crippen LogP contribution in [-0.4, -0.2) is 108 Å². The number of fused-ring (bicyclic) bond motifs is 28. The zero-order valence-corrected chi connectivity index (χ0v) is 72.1.